The van der Waals surface area contributed by atoms with Crippen LogP contribution >= 0.6 is 0 Å². The molecule has 0 bridgehead atoms. The number of Topliss-reactive ketones (excluding diaryl/α,β-unsaturated/α-hetero) is 1. The van der Waals surface area contributed by atoms with Gasteiger partial charge in [-0.15, -0.1) is 0 Å². The standard InChI is InChI=1S/C20H29NO/c1-5-8-19-13-17(11-12-18(19)6-2)9-7-10-20(22)16(4)15(3)14-21/h5,8,11-13H,6-7,9-10,14,21H2,1-4H3/b8-5-,16-15+. The Kier molecular flexibility index (Phi) is 7.83. The van der Waals surface area contributed by atoms with Gasteiger partial charge in [-0.3, -0.25) is 4.79 Å². The van der Waals surface area contributed by atoms with E-state index in [1.807, 2.05) is 20.8 Å². The van der Waals surface area contributed by atoms with E-state index in [0.29, 0.717) is 13.0 Å². The monoisotopic (exact) mass is 299 g/mol. The lowest BCUT2D eigenvalue weighted by atomic mass is 9.97. The zero-order valence-corrected chi connectivity index (χ0v) is 14.4. The molecular weight excluding hydrogens is 270 g/mol. The van der Waals surface area contributed by atoms with Crippen molar-refractivity contribution >= 4 is 11.9 Å². The molecule has 0 fully saturated rings. The van der Waals surface area contributed by atoms with Crippen molar-refractivity contribution in [1.82, 2.24) is 0 Å². The molecular formula is C20H29NO. The maximum Gasteiger partial charge on any atom is 0.158 e. The van der Waals surface area contributed by atoms with Gasteiger partial charge < -0.3 is 5.73 Å². The summed E-state index contributed by atoms with van der Waals surface area (Å²) in [4.78, 5) is 12.1. The molecule has 0 saturated heterocycles. The van der Waals surface area contributed by atoms with Crippen LogP contribution in [0.25, 0.3) is 6.08 Å². The van der Waals surface area contributed by atoms with Crippen LogP contribution in [0.5, 0.6) is 0 Å². The molecule has 0 radical (unpaired) electrons. The first kappa shape index (κ1) is 18.4. The molecule has 2 heteroatoms. The minimum absolute atomic E-state index is 0.224. The molecule has 0 aliphatic rings. The molecule has 1 rings (SSSR count). The zero-order chi connectivity index (χ0) is 16.5. The zero-order valence-electron chi connectivity index (χ0n) is 14.4. The molecule has 0 aliphatic carbocycles. The van der Waals surface area contributed by atoms with Crippen molar-refractivity contribution in [2.45, 2.75) is 53.4 Å². The highest BCUT2D eigenvalue weighted by Gasteiger charge is 2.07. The molecule has 2 N–H and O–H groups in total. The maximum atomic E-state index is 12.1. The van der Waals surface area contributed by atoms with E-state index in [2.05, 4.69) is 37.3 Å². The van der Waals surface area contributed by atoms with Gasteiger partial charge in [0.2, 0.25) is 0 Å². The van der Waals surface area contributed by atoms with Gasteiger partial charge in [0.05, 0.1) is 0 Å². The molecule has 120 valence electrons. The van der Waals surface area contributed by atoms with Gasteiger partial charge in [-0.1, -0.05) is 42.8 Å². The quantitative estimate of drug-likeness (QED) is 0.720. The number of nitrogens with two attached hydrogens (primary N) is 1. The summed E-state index contributed by atoms with van der Waals surface area (Å²) >= 11 is 0. The topological polar surface area (TPSA) is 43.1 Å². The second-order valence-electron chi connectivity index (χ2n) is 5.77. The van der Waals surface area contributed by atoms with Crippen molar-refractivity contribution in [2.75, 3.05) is 6.54 Å². The van der Waals surface area contributed by atoms with Crippen molar-refractivity contribution in [1.29, 1.82) is 0 Å². The molecule has 1 aromatic carbocycles. The van der Waals surface area contributed by atoms with Gasteiger partial charge in [0, 0.05) is 13.0 Å². The molecule has 2 nitrogen and oxygen atoms in total. The van der Waals surface area contributed by atoms with E-state index in [1.54, 1.807) is 0 Å². The molecule has 0 atom stereocenters. The first-order chi connectivity index (χ1) is 10.5. The van der Waals surface area contributed by atoms with Crippen LogP contribution < -0.4 is 5.73 Å². The van der Waals surface area contributed by atoms with E-state index in [0.717, 1.165) is 30.4 Å². The summed E-state index contributed by atoms with van der Waals surface area (Å²) in [5.74, 6) is 0.224. The average Bonchev–Trinajstić information content (AvgIpc) is 2.53. The second-order valence-corrected chi connectivity index (χ2v) is 5.77. The first-order valence-electron chi connectivity index (χ1n) is 8.17. The lowest BCUT2D eigenvalue weighted by Crippen LogP contribution is -2.08. The summed E-state index contributed by atoms with van der Waals surface area (Å²) in [5, 5.41) is 0. The number of carbonyl (C=O) groups is 1. The fraction of sp³-hybridized carbons (Fsp3) is 0.450. The van der Waals surface area contributed by atoms with E-state index in [4.69, 9.17) is 5.73 Å². The molecule has 0 saturated carbocycles. The predicted molar refractivity (Wildman–Crippen MR) is 95.9 cm³/mol. The van der Waals surface area contributed by atoms with E-state index in [9.17, 15) is 4.79 Å². The van der Waals surface area contributed by atoms with Crippen molar-refractivity contribution in [2.24, 2.45) is 5.73 Å². The fourth-order valence-corrected chi connectivity index (χ4v) is 2.49. The first-order valence-corrected chi connectivity index (χ1v) is 8.17. The molecule has 1 aromatic rings. The van der Waals surface area contributed by atoms with Gasteiger partial charge in [0.25, 0.3) is 0 Å². The van der Waals surface area contributed by atoms with E-state index in [1.165, 1.54) is 16.7 Å². The highest BCUT2D eigenvalue weighted by Crippen LogP contribution is 2.17. The predicted octanol–water partition coefficient (Wildman–Crippen LogP) is 4.47. The Morgan fingerprint density at radius 3 is 2.59 bits per heavy atom. The molecule has 0 heterocycles. The largest absolute Gasteiger partial charge is 0.327 e. The Balaban J connectivity index is 2.66. The van der Waals surface area contributed by atoms with Crippen LogP contribution in [0.4, 0.5) is 0 Å². The fourth-order valence-electron chi connectivity index (χ4n) is 2.49. The highest BCUT2D eigenvalue weighted by molar-refractivity contribution is 5.95. The van der Waals surface area contributed by atoms with Gasteiger partial charge in [-0.05, 0) is 62.3 Å². The van der Waals surface area contributed by atoms with Gasteiger partial charge in [0.15, 0.2) is 5.78 Å². The SMILES string of the molecule is C/C=C\c1cc(CCCC(=O)/C(C)=C(\C)CN)ccc1CC. The number of rotatable bonds is 8. The molecule has 0 unspecified atom stereocenters. The van der Waals surface area contributed by atoms with Crippen molar-refractivity contribution in [3.05, 3.63) is 52.1 Å². The number of hydrogen-bond donors (Lipinski definition) is 1. The Bertz CT molecular complexity index is 567. The third-order valence-corrected chi connectivity index (χ3v) is 4.17. The van der Waals surface area contributed by atoms with Crippen LogP contribution in [-0.2, 0) is 17.6 Å². The van der Waals surface area contributed by atoms with E-state index in [-0.39, 0.29) is 5.78 Å². The van der Waals surface area contributed by atoms with Gasteiger partial charge >= 0.3 is 0 Å². The van der Waals surface area contributed by atoms with Crippen molar-refractivity contribution < 1.29 is 4.79 Å². The van der Waals surface area contributed by atoms with Crippen LogP contribution in [0.15, 0.2) is 35.4 Å². The number of hydrogen-bond acceptors (Lipinski definition) is 2. The Hall–Kier alpha value is -1.67. The summed E-state index contributed by atoms with van der Waals surface area (Å²) in [6.45, 7) is 8.49. The number of aryl methyl sites for hydroxylation is 2. The molecule has 0 amide bonds. The summed E-state index contributed by atoms with van der Waals surface area (Å²) in [5.41, 5.74) is 11.4. The summed E-state index contributed by atoms with van der Waals surface area (Å²) < 4.78 is 0. The number of carbonyl (C=O) groups excluding carboxylic acids is 1. The van der Waals surface area contributed by atoms with Crippen LogP contribution in [0, 0.1) is 0 Å². The summed E-state index contributed by atoms with van der Waals surface area (Å²) in [6.07, 6.45) is 7.69. The minimum atomic E-state index is 0.224. The van der Waals surface area contributed by atoms with E-state index >= 15 is 0 Å². The average molecular weight is 299 g/mol. The third kappa shape index (κ3) is 5.27. The number of ketones is 1. The Morgan fingerprint density at radius 2 is 2.00 bits per heavy atom. The van der Waals surface area contributed by atoms with Crippen molar-refractivity contribution in [3.63, 3.8) is 0 Å². The van der Waals surface area contributed by atoms with Crippen LogP contribution in [-0.4, -0.2) is 12.3 Å². The van der Waals surface area contributed by atoms with Crippen LogP contribution in [0.3, 0.4) is 0 Å². The Labute approximate surface area is 135 Å². The number of allylic oxidation sites excluding steroid dienone is 2. The number of benzene rings is 1. The summed E-state index contributed by atoms with van der Waals surface area (Å²) in [6, 6.07) is 6.64. The minimum Gasteiger partial charge on any atom is -0.327 e. The lowest BCUT2D eigenvalue weighted by Gasteiger charge is -2.08. The smallest absolute Gasteiger partial charge is 0.158 e. The van der Waals surface area contributed by atoms with E-state index < -0.39 is 0 Å². The molecule has 22 heavy (non-hydrogen) atoms. The van der Waals surface area contributed by atoms with Crippen LogP contribution in [0.2, 0.25) is 0 Å². The van der Waals surface area contributed by atoms with Gasteiger partial charge in [-0.25, -0.2) is 0 Å². The third-order valence-electron chi connectivity index (χ3n) is 4.17. The normalized spacial score (nSPS) is 12.6. The van der Waals surface area contributed by atoms with Crippen LogP contribution in [0.1, 0.15) is 57.2 Å². The molecule has 0 aromatic heterocycles. The second kappa shape index (κ2) is 9.37. The maximum absolute atomic E-state index is 12.1. The van der Waals surface area contributed by atoms with Crippen molar-refractivity contribution in [3.8, 4) is 0 Å². The van der Waals surface area contributed by atoms with Gasteiger partial charge in [0.1, 0.15) is 0 Å². The molecule has 0 aliphatic heterocycles. The highest BCUT2D eigenvalue weighted by atomic mass is 16.1. The van der Waals surface area contributed by atoms with Gasteiger partial charge in [-0.2, -0.15) is 0 Å². The Morgan fingerprint density at radius 1 is 1.27 bits per heavy atom. The summed E-state index contributed by atoms with van der Waals surface area (Å²) in [7, 11) is 0. The molecule has 0 spiro atoms. The lowest BCUT2D eigenvalue weighted by molar-refractivity contribution is -0.115.